The summed E-state index contributed by atoms with van der Waals surface area (Å²) >= 11 is 5.04. The van der Waals surface area contributed by atoms with Crippen molar-refractivity contribution in [3.05, 3.63) is 80.5 Å². The molecule has 2 aromatic carbocycles. The second-order valence-electron chi connectivity index (χ2n) is 9.16. The van der Waals surface area contributed by atoms with Gasteiger partial charge >= 0.3 is 0 Å². The van der Waals surface area contributed by atoms with Crippen LogP contribution in [0.1, 0.15) is 33.6 Å². The van der Waals surface area contributed by atoms with Gasteiger partial charge in [0.1, 0.15) is 6.54 Å². The summed E-state index contributed by atoms with van der Waals surface area (Å²) in [6.45, 7) is 2.07. The molecule has 0 saturated carbocycles. The second kappa shape index (κ2) is 13.8. The molecule has 1 aliphatic rings. The highest BCUT2D eigenvalue weighted by Gasteiger charge is 2.27. The van der Waals surface area contributed by atoms with Crippen molar-refractivity contribution in [3.8, 4) is 11.5 Å². The van der Waals surface area contributed by atoms with Crippen LogP contribution in [0.3, 0.4) is 0 Å². The van der Waals surface area contributed by atoms with Crippen LogP contribution in [-0.4, -0.2) is 68.2 Å². The monoisotopic (exact) mass is 600 g/mol. The van der Waals surface area contributed by atoms with Crippen LogP contribution in [0, 0.1) is 0 Å². The van der Waals surface area contributed by atoms with Crippen LogP contribution in [0.4, 0.5) is 0 Å². The largest absolute Gasteiger partial charge is 0.493 e. The number of hydrogen-bond donors (Lipinski definition) is 0. The van der Waals surface area contributed by atoms with Crippen molar-refractivity contribution in [2.75, 3.05) is 40.5 Å². The SMILES string of the molecule is COc1ccc(CCN(Cc2cccs2)C(=O)CN(CC2CCCO2)C(=O)c2ccc(Br)cc2)cc1OC. The van der Waals surface area contributed by atoms with Crippen LogP contribution in [0.25, 0.3) is 0 Å². The van der Waals surface area contributed by atoms with Gasteiger partial charge in [-0.1, -0.05) is 28.1 Å². The summed E-state index contributed by atoms with van der Waals surface area (Å²) < 4.78 is 17.5. The summed E-state index contributed by atoms with van der Waals surface area (Å²) in [6, 6.07) is 17.0. The van der Waals surface area contributed by atoms with E-state index in [4.69, 9.17) is 14.2 Å². The van der Waals surface area contributed by atoms with E-state index >= 15 is 0 Å². The third kappa shape index (κ3) is 7.58. The molecule has 0 bridgehead atoms. The Morgan fingerprint density at radius 3 is 2.50 bits per heavy atom. The molecule has 3 aromatic rings. The minimum Gasteiger partial charge on any atom is -0.493 e. The Morgan fingerprint density at radius 2 is 1.84 bits per heavy atom. The predicted molar refractivity (Wildman–Crippen MR) is 152 cm³/mol. The third-order valence-corrected chi connectivity index (χ3v) is 7.94. The first-order chi connectivity index (χ1) is 18.5. The van der Waals surface area contributed by atoms with E-state index in [1.165, 1.54) is 0 Å². The number of halogens is 1. The highest BCUT2D eigenvalue weighted by Crippen LogP contribution is 2.28. The van der Waals surface area contributed by atoms with Crippen molar-refractivity contribution in [1.29, 1.82) is 0 Å². The van der Waals surface area contributed by atoms with Crippen LogP contribution < -0.4 is 9.47 Å². The second-order valence-corrected chi connectivity index (χ2v) is 11.1. The molecule has 202 valence electrons. The maximum Gasteiger partial charge on any atom is 0.254 e. The quantitative estimate of drug-likeness (QED) is 0.278. The number of methoxy groups -OCH3 is 2. The smallest absolute Gasteiger partial charge is 0.254 e. The molecule has 1 aliphatic heterocycles. The van der Waals surface area contributed by atoms with Gasteiger partial charge in [0, 0.05) is 34.6 Å². The normalized spacial score (nSPS) is 14.8. The standard InChI is InChI=1S/C29H33BrN2O5S/c1-35-26-12-7-21(17-27(26)36-2)13-14-31(19-25-6-4-16-38-25)28(33)20-32(18-24-5-3-15-37-24)29(34)22-8-10-23(30)11-9-22/h4,6-12,16-17,24H,3,5,13-15,18-20H2,1-2H3. The van der Waals surface area contributed by atoms with Gasteiger partial charge in [0.15, 0.2) is 11.5 Å². The Labute approximate surface area is 236 Å². The Bertz CT molecular complexity index is 1200. The molecule has 1 atom stereocenters. The minimum absolute atomic E-state index is 0.00787. The molecule has 0 radical (unpaired) electrons. The summed E-state index contributed by atoms with van der Waals surface area (Å²) in [5.74, 6) is 1.06. The molecule has 0 spiro atoms. The van der Waals surface area contributed by atoms with Gasteiger partial charge in [-0.25, -0.2) is 0 Å². The van der Waals surface area contributed by atoms with Crippen LogP contribution in [0.2, 0.25) is 0 Å². The lowest BCUT2D eigenvalue weighted by Crippen LogP contribution is -2.45. The minimum atomic E-state index is -0.169. The van der Waals surface area contributed by atoms with Gasteiger partial charge < -0.3 is 24.0 Å². The molecule has 38 heavy (non-hydrogen) atoms. The fourth-order valence-corrected chi connectivity index (χ4v) is 5.46. The molecule has 2 heterocycles. The molecule has 1 unspecified atom stereocenters. The summed E-state index contributed by atoms with van der Waals surface area (Å²) in [7, 11) is 3.22. The first-order valence-electron chi connectivity index (χ1n) is 12.6. The predicted octanol–water partition coefficient (Wildman–Crippen LogP) is 5.42. The van der Waals surface area contributed by atoms with Crippen molar-refractivity contribution < 1.29 is 23.8 Å². The number of benzene rings is 2. The van der Waals surface area contributed by atoms with Gasteiger partial charge in [-0.3, -0.25) is 9.59 Å². The van der Waals surface area contributed by atoms with Crippen molar-refractivity contribution in [2.24, 2.45) is 0 Å². The summed E-state index contributed by atoms with van der Waals surface area (Å²) in [4.78, 5) is 31.8. The first kappa shape index (κ1) is 28.1. The molecular weight excluding hydrogens is 568 g/mol. The summed E-state index contributed by atoms with van der Waals surface area (Å²) in [6.07, 6.45) is 2.44. The van der Waals surface area contributed by atoms with Crippen molar-refractivity contribution in [1.82, 2.24) is 9.80 Å². The Hall–Kier alpha value is -2.88. The average molecular weight is 602 g/mol. The maximum atomic E-state index is 13.7. The van der Waals surface area contributed by atoms with E-state index in [2.05, 4.69) is 15.9 Å². The number of thiophene rings is 1. The summed E-state index contributed by atoms with van der Waals surface area (Å²) in [5.41, 5.74) is 1.59. The maximum absolute atomic E-state index is 13.7. The lowest BCUT2D eigenvalue weighted by molar-refractivity contribution is -0.132. The number of nitrogens with zero attached hydrogens (tertiary/aromatic N) is 2. The third-order valence-electron chi connectivity index (χ3n) is 6.55. The van der Waals surface area contributed by atoms with E-state index in [0.29, 0.717) is 49.7 Å². The zero-order chi connectivity index (χ0) is 26.9. The van der Waals surface area contributed by atoms with Gasteiger partial charge in [-0.05, 0) is 72.7 Å². The Balaban J connectivity index is 1.51. The lowest BCUT2D eigenvalue weighted by atomic mass is 10.1. The van der Waals surface area contributed by atoms with E-state index in [1.54, 1.807) is 42.6 Å². The van der Waals surface area contributed by atoms with E-state index in [1.807, 2.05) is 52.7 Å². The Kier molecular flexibility index (Phi) is 10.2. The van der Waals surface area contributed by atoms with Gasteiger partial charge in [0.05, 0.1) is 26.9 Å². The zero-order valence-corrected chi connectivity index (χ0v) is 24.1. The van der Waals surface area contributed by atoms with Crippen LogP contribution in [0.15, 0.2) is 64.5 Å². The molecule has 0 N–H and O–H groups in total. The molecule has 2 amide bonds. The molecule has 1 aromatic heterocycles. The van der Waals surface area contributed by atoms with Gasteiger partial charge in [-0.15, -0.1) is 11.3 Å². The van der Waals surface area contributed by atoms with E-state index in [9.17, 15) is 9.59 Å². The van der Waals surface area contributed by atoms with Crippen molar-refractivity contribution >= 4 is 39.1 Å². The summed E-state index contributed by atoms with van der Waals surface area (Å²) in [5, 5.41) is 2.01. The number of rotatable bonds is 12. The topological polar surface area (TPSA) is 68.3 Å². The Morgan fingerprint density at radius 1 is 1.05 bits per heavy atom. The molecule has 1 saturated heterocycles. The van der Waals surface area contributed by atoms with Crippen LogP contribution in [-0.2, 0) is 22.5 Å². The van der Waals surface area contributed by atoms with E-state index < -0.39 is 0 Å². The highest BCUT2D eigenvalue weighted by atomic mass is 79.9. The lowest BCUT2D eigenvalue weighted by Gasteiger charge is -2.29. The number of ether oxygens (including phenoxy) is 3. The van der Waals surface area contributed by atoms with Crippen molar-refractivity contribution in [3.63, 3.8) is 0 Å². The molecule has 7 nitrogen and oxygen atoms in total. The number of amides is 2. The first-order valence-corrected chi connectivity index (χ1v) is 14.3. The molecule has 1 fully saturated rings. The van der Waals surface area contributed by atoms with Crippen molar-refractivity contribution in [2.45, 2.75) is 31.9 Å². The molecular formula is C29H33BrN2O5S. The van der Waals surface area contributed by atoms with Crippen LogP contribution in [0.5, 0.6) is 11.5 Å². The fourth-order valence-electron chi connectivity index (χ4n) is 4.47. The number of carbonyl (C=O) groups is 2. The van der Waals surface area contributed by atoms with E-state index in [-0.39, 0.29) is 24.5 Å². The molecule has 0 aliphatic carbocycles. The fraction of sp³-hybridized carbons (Fsp3) is 0.379. The van der Waals surface area contributed by atoms with Crippen LogP contribution >= 0.6 is 27.3 Å². The zero-order valence-electron chi connectivity index (χ0n) is 21.7. The van der Waals surface area contributed by atoms with E-state index in [0.717, 1.165) is 27.8 Å². The van der Waals surface area contributed by atoms with Gasteiger partial charge in [-0.2, -0.15) is 0 Å². The number of carbonyl (C=O) groups excluding carboxylic acids is 2. The molecule has 9 heteroatoms. The van der Waals surface area contributed by atoms with Gasteiger partial charge in [0.2, 0.25) is 5.91 Å². The highest BCUT2D eigenvalue weighted by molar-refractivity contribution is 9.10. The van der Waals surface area contributed by atoms with Gasteiger partial charge in [0.25, 0.3) is 5.91 Å². The average Bonchev–Trinajstić information content (AvgIpc) is 3.65. The molecule has 4 rings (SSSR count). The number of hydrogen-bond acceptors (Lipinski definition) is 6.